The average molecular weight is 329 g/mol. The summed E-state index contributed by atoms with van der Waals surface area (Å²) in [7, 11) is -2.69. The second-order valence-corrected chi connectivity index (χ2v) is 7.81. The van der Waals surface area contributed by atoms with Crippen molar-refractivity contribution in [2.75, 3.05) is 19.8 Å². The molecular weight excluding hydrogens is 292 g/mol. The van der Waals surface area contributed by atoms with Gasteiger partial charge in [-0.05, 0) is 31.4 Å². The van der Waals surface area contributed by atoms with E-state index in [1.807, 2.05) is 11.8 Å². The summed E-state index contributed by atoms with van der Waals surface area (Å²) in [5.74, 6) is 0. The number of hydrogen-bond acceptors (Lipinski definition) is 3. The quantitative estimate of drug-likeness (QED) is 0.228. The lowest BCUT2D eigenvalue weighted by molar-refractivity contribution is 0.0685. The Morgan fingerprint density at radius 2 is 1.14 bits per heavy atom. The molecule has 0 aromatic carbocycles. The molecule has 22 heavy (non-hydrogen) atoms. The van der Waals surface area contributed by atoms with Crippen LogP contribution in [-0.2, 0) is 13.3 Å². The molecule has 0 aliphatic carbocycles. The molecule has 0 aliphatic heterocycles. The molecule has 0 fully saturated rings. The summed E-state index contributed by atoms with van der Waals surface area (Å²) in [5.41, 5.74) is 2.04. The predicted molar refractivity (Wildman–Crippen MR) is 96.9 cm³/mol. The fourth-order valence-corrected chi connectivity index (χ4v) is 3.91. The summed E-state index contributed by atoms with van der Waals surface area (Å²) in [4.78, 5) is 0. The van der Waals surface area contributed by atoms with Crippen LogP contribution in [0.2, 0.25) is 0 Å². The highest BCUT2D eigenvalue weighted by Crippen LogP contribution is 2.15. The lowest BCUT2D eigenvalue weighted by Crippen LogP contribution is -2.45. The van der Waals surface area contributed by atoms with E-state index >= 15 is 0 Å². The Balaban J connectivity index is 4.83. The molecule has 0 heterocycles. The average Bonchev–Trinajstić information content (AvgIpc) is 2.52. The van der Waals surface area contributed by atoms with Crippen molar-refractivity contribution >= 4 is 8.80 Å². The monoisotopic (exact) mass is 328 g/mol. The van der Waals surface area contributed by atoms with Crippen molar-refractivity contribution < 1.29 is 13.3 Å². The Morgan fingerprint density at radius 1 is 0.682 bits per heavy atom. The summed E-state index contributed by atoms with van der Waals surface area (Å²) >= 11 is 0. The zero-order valence-electron chi connectivity index (χ0n) is 15.1. The number of hydrogen-bond donors (Lipinski definition) is 0. The predicted octanol–water partition coefficient (Wildman–Crippen LogP) is 5.44. The van der Waals surface area contributed by atoms with Crippen LogP contribution in [0, 0.1) is 0 Å². The van der Waals surface area contributed by atoms with Crippen LogP contribution in [0.25, 0.3) is 0 Å². The van der Waals surface area contributed by atoms with Gasteiger partial charge in [-0.15, -0.1) is 0 Å². The minimum Gasteiger partial charge on any atom is -0.370 e. The summed E-state index contributed by atoms with van der Waals surface area (Å²) in [6, 6.07) is 0. The Morgan fingerprint density at radius 3 is 1.50 bits per heavy atom. The van der Waals surface area contributed by atoms with Crippen molar-refractivity contribution in [2.45, 2.75) is 72.6 Å². The molecule has 0 atom stereocenters. The van der Waals surface area contributed by atoms with Gasteiger partial charge in [0.1, 0.15) is 0 Å². The zero-order valence-corrected chi connectivity index (χ0v) is 16.1. The van der Waals surface area contributed by atoms with Gasteiger partial charge in [0.2, 0.25) is 0 Å². The number of rotatable bonds is 15. The molecule has 0 aromatic rings. The van der Waals surface area contributed by atoms with Crippen molar-refractivity contribution in [3.8, 4) is 0 Å². The first kappa shape index (κ1) is 21.6. The maximum absolute atomic E-state index is 6.12. The van der Waals surface area contributed by atoms with Crippen molar-refractivity contribution in [3.63, 3.8) is 0 Å². The maximum Gasteiger partial charge on any atom is 0.529 e. The first-order chi connectivity index (χ1) is 10.7. The lowest BCUT2D eigenvalue weighted by atomic mass is 10.4. The number of unbranched alkanes of at least 4 members (excludes halogenated alkanes) is 3. The molecule has 0 rings (SSSR count). The smallest absolute Gasteiger partial charge is 0.370 e. The minimum absolute atomic E-state index is 0.711. The van der Waals surface area contributed by atoms with Gasteiger partial charge in [0.25, 0.3) is 0 Å². The molecule has 0 saturated heterocycles. The van der Waals surface area contributed by atoms with Crippen LogP contribution >= 0.6 is 0 Å². The molecule has 0 saturated carbocycles. The van der Waals surface area contributed by atoms with E-state index in [1.54, 1.807) is 0 Å². The molecule has 0 N–H and O–H groups in total. The van der Waals surface area contributed by atoms with Crippen LogP contribution in [0.15, 0.2) is 23.9 Å². The summed E-state index contributed by atoms with van der Waals surface area (Å²) < 4.78 is 18.4. The standard InChI is InChI=1S/C18H36O3Si/c1-5-9-13-14-18-22(19-15-10-6-2,20-16-11-7-3)21-17-12-8-4/h9,13-14,18H,5-8,10-12,15-17H2,1-4H3. The highest BCUT2D eigenvalue weighted by atomic mass is 28.4. The summed E-state index contributed by atoms with van der Waals surface area (Å²) in [5, 5.41) is 0. The van der Waals surface area contributed by atoms with Gasteiger partial charge in [-0.25, -0.2) is 0 Å². The van der Waals surface area contributed by atoms with Gasteiger partial charge in [0.05, 0.1) is 0 Å². The lowest BCUT2D eigenvalue weighted by Gasteiger charge is -2.27. The van der Waals surface area contributed by atoms with Gasteiger partial charge >= 0.3 is 8.80 Å². The van der Waals surface area contributed by atoms with Gasteiger partial charge in [0.15, 0.2) is 0 Å². The Kier molecular flexibility index (Phi) is 15.2. The maximum atomic E-state index is 6.12. The van der Waals surface area contributed by atoms with E-state index in [9.17, 15) is 0 Å². The van der Waals surface area contributed by atoms with Gasteiger partial charge < -0.3 is 13.3 Å². The zero-order chi connectivity index (χ0) is 16.5. The van der Waals surface area contributed by atoms with Gasteiger partial charge in [0, 0.05) is 19.8 Å². The van der Waals surface area contributed by atoms with Crippen LogP contribution < -0.4 is 0 Å². The largest absolute Gasteiger partial charge is 0.529 e. The molecule has 0 aromatic heterocycles. The highest BCUT2D eigenvalue weighted by molar-refractivity contribution is 6.66. The van der Waals surface area contributed by atoms with E-state index in [-0.39, 0.29) is 0 Å². The van der Waals surface area contributed by atoms with E-state index in [4.69, 9.17) is 13.3 Å². The molecule has 0 radical (unpaired) electrons. The first-order valence-corrected chi connectivity index (χ1v) is 10.8. The Labute approximate surface area is 139 Å². The molecule has 4 heteroatoms. The van der Waals surface area contributed by atoms with Crippen LogP contribution in [-0.4, -0.2) is 28.6 Å². The number of allylic oxidation sites excluding steroid dienone is 3. The van der Waals surface area contributed by atoms with Crippen molar-refractivity contribution in [3.05, 3.63) is 23.9 Å². The van der Waals surface area contributed by atoms with Gasteiger partial charge in [-0.3, -0.25) is 0 Å². The third-order valence-corrected chi connectivity index (χ3v) is 5.61. The third kappa shape index (κ3) is 11.2. The highest BCUT2D eigenvalue weighted by Gasteiger charge is 2.38. The molecule has 3 nitrogen and oxygen atoms in total. The molecule has 0 amide bonds. The van der Waals surface area contributed by atoms with Crippen LogP contribution in [0.4, 0.5) is 0 Å². The third-order valence-electron chi connectivity index (χ3n) is 3.19. The summed E-state index contributed by atoms with van der Waals surface area (Å²) in [6.07, 6.45) is 13.7. The van der Waals surface area contributed by atoms with Gasteiger partial charge in [-0.1, -0.05) is 65.2 Å². The minimum atomic E-state index is -2.69. The van der Waals surface area contributed by atoms with Gasteiger partial charge in [-0.2, -0.15) is 0 Å². The second-order valence-electron chi connectivity index (χ2n) is 5.41. The topological polar surface area (TPSA) is 27.7 Å². The second kappa shape index (κ2) is 15.5. The van der Waals surface area contributed by atoms with E-state index in [0.717, 1.165) is 44.9 Å². The fraction of sp³-hybridized carbons (Fsp3) is 0.778. The molecule has 0 bridgehead atoms. The molecule has 130 valence electrons. The molecule has 0 spiro atoms. The fourth-order valence-electron chi connectivity index (χ4n) is 1.73. The van der Waals surface area contributed by atoms with Crippen LogP contribution in [0.3, 0.4) is 0 Å². The van der Waals surface area contributed by atoms with Crippen LogP contribution in [0.5, 0.6) is 0 Å². The van der Waals surface area contributed by atoms with E-state index in [0.29, 0.717) is 19.8 Å². The van der Waals surface area contributed by atoms with Crippen LogP contribution in [0.1, 0.15) is 72.6 Å². The molecule has 0 aliphatic rings. The van der Waals surface area contributed by atoms with Crippen molar-refractivity contribution in [2.24, 2.45) is 0 Å². The van der Waals surface area contributed by atoms with Crippen molar-refractivity contribution in [1.82, 2.24) is 0 Å². The van der Waals surface area contributed by atoms with E-state index in [1.165, 1.54) is 0 Å². The molecule has 0 unspecified atom stereocenters. The normalized spacial score (nSPS) is 12.7. The van der Waals surface area contributed by atoms with Crippen molar-refractivity contribution in [1.29, 1.82) is 0 Å². The Bertz CT molecular complexity index is 264. The van der Waals surface area contributed by atoms with E-state index in [2.05, 4.69) is 39.8 Å². The summed E-state index contributed by atoms with van der Waals surface area (Å²) in [6.45, 7) is 10.8. The molecular formula is C18H36O3Si. The first-order valence-electron chi connectivity index (χ1n) is 9.00. The van der Waals surface area contributed by atoms with E-state index < -0.39 is 8.80 Å². The SMILES string of the molecule is CCC=CC=C[Si](OCCCC)(OCCCC)OCCCC. The Hall–Kier alpha value is -0.423.